The van der Waals surface area contributed by atoms with Gasteiger partial charge in [-0.1, -0.05) is 26.0 Å². The molecule has 7 nitrogen and oxygen atoms in total. The van der Waals surface area contributed by atoms with E-state index >= 15 is 0 Å². The molecule has 1 aliphatic rings. The van der Waals surface area contributed by atoms with Gasteiger partial charge in [0, 0.05) is 26.2 Å². The zero-order valence-electron chi connectivity index (χ0n) is 16.9. The second-order valence-electron chi connectivity index (χ2n) is 7.60. The highest BCUT2D eigenvalue weighted by Crippen LogP contribution is 2.31. The van der Waals surface area contributed by atoms with Gasteiger partial charge in [-0.15, -0.1) is 0 Å². The summed E-state index contributed by atoms with van der Waals surface area (Å²) in [6, 6.07) is 6.30. The fourth-order valence-electron chi connectivity index (χ4n) is 3.19. The molecule has 2 aromatic rings. The van der Waals surface area contributed by atoms with Crippen LogP contribution in [0.5, 0.6) is 5.75 Å². The van der Waals surface area contributed by atoms with E-state index in [1.807, 2.05) is 6.92 Å². The Kier molecular flexibility index (Phi) is 5.79. The lowest BCUT2D eigenvalue weighted by Crippen LogP contribution is -2.45. The standard InChI is InChI=1S/C20H30N6O/c1-13(2)16-7-6-14(3)12-17(16)27-15(4)18-22-19(21)24-20(23-18)26-10-8-25(5)9-11-26/h6-7,12-13,15H,8-11H2,1-5H3,(H2,21,22,23,24). The first-order valence-corrected chi connectivity index (χ1v) is 9.55. The number of nitrogen functional groups attached to an aromatic ring is 1. The summed E-state index contributed by atoms with van der Waals surface area (Å²) in [4.78, 5) is 17.8. The van der Waals surface area contributed by atoms with Crippen LogP contribution in [0.2, 0.25) is 0 Å². The summed E-state index contributed by atoms with van der Waals surface area (Å²) in [6.45, 7) is 12.1. The maximum absolute atomic E-state index is 6.25. The minimum absolute atomic E-state index is 0.234. The molecule has 1 aliphatic heterocycles. The third-order valence-corrected chi connectivity index (χ3v) is 4.90. The minimum atomic E-state index is -0.319. The zero-order chi connectivity index (χ0) is 19.6. The summed E-state index contributed by atoms with van der Waals surface area (Å²) < 4.78 is 6.25. The van der Waals surface area contributed by atoms with Crippen molar-refractivity contribution in [3.05, 3.63) is 35.2 Å². The Balaban J connectivity index is 1.83. The number of hydrogen-bond acceptors (Lipinski definition) is 7. The lowest BCUT2D eigenvalue weighted by atomic mass is 10.0. The number of rotatable bonds is 5. The van der Waals surface area contributed by atoms with E-state index in [0.717, 1.165) is 37.5 Å². The molecule has 27 heavy (non-hydrogen) atoms. The van der Waals surface area contributed by atoms with E-state index in [-0.39, 0.29) is 12.1 Å². The molecule has 0 aliphatic carbocycles. The van der Waals surface area contributed by atoms with E-state index in [9.17, 15) is 0 Å². The lowest BCUT2D eigenvalue weighted by molar-refractivity contribution is 0.213. The maximum Gasteiger partial charge on any atom is 0.230 e. The molecule has 3 rings (SSSR count). The summed E-state index contributed by atoms with van der Waals surface area (Å²) in [5.74, 6) is 2.68. The Bertz CT molecular complexity index is 786. The van der Waals surface area contributed by atoms with Gasteiger partial charge in [-0.2, -0.15) is 15.0 Å². The number of nitrogens with two attached hydrogens (primary N) is 1. The number of piperazine rings is 1. The number of ether oxygens (including phenoxy) is 1. The van der Waals surface area contributed by atoms with Crippen molar-refractivity contribution in [2.75, 3.05) is 43.9 Å². The van der Waals surface area contributed by atoms with Gasteiger partial charge in [0.1, 0.15) is 5.75 Å². The van der Waals surface area contributed by atoms with E-state index in [0.29, 0.717) is 17.7 Å². The van der Waals surface area contributed by atoms with Gasteiger partial charge < -0.3 is 20.3 Å². The Morgan fingerprint density at radius 2 is 1.74 bits per heavy atom. The van der Waals surface area contributed by atoms with Crippen LogP contribution in [0.3, 0.4) is 0 Å². The lowest BCUT2D eigenvalue weighted by Gasteiger charge is -2.32. The van der Waals surface area contributed by atoms with Crippen molar-refractivity contribution in [3.63, 3.8) is 0 Å². The van der Waals surface area contributed by atoms with Crippen molar-refractivity contribution in [3.8, 4) is 5.75 Å². The van der Waals surface area contributed by atoms with Crippen molar-refractivity contribution in [1.29, 1.82) is 0 Å². The monoisotopic (exact) mass is 370 g/mol. The molecule has 1 unspecified atom stereocenters. The topological polar surface area (TPSA) is 80.4 Å². The van der Waals surface area contributed by atoms with E-state index in [2.05, 4.69) is 70.8 Å². The van der Waals surface area contributed by atoms with Crippen molar-refractivity contribution in [1.82, 2.24) is 19.9 Å². The molecule has 1 atom stereocenters. The van der Waals surface area contributed by atoms with Crippen LogP contribution in [-0.4, -0.2) is 53.1 Å². The average Bonchev–Trinajstić information content (AvgIpc) is 2.61. The van der Waals surface area contributed by atoms with E-state index < -0.39 is 0 Å². The summed E-state index contributed by atoms with van der Waals surface area (Å²) in [5.41, 5.74) is 8.31. The molecule has 1 aromatic carbocycles. The van der Waals surface area contributed by atoms with E-state index in [1.165, 1.54) is 5.56 Å². The fraction of sp³-hybridized carbons (Fsp3) is 0.550. The molecule has 0 bridgehead atoms. The third-order valence-electron chi connectivity index (χ3n) is 4.90. The predicted octanol–water partition coefficient (Wildman–Crippen LogP) is 2.78. The predicted molar refractivity (Wildman–Crippen MR) is 108 cm³/mol. The van der Waals surface area contributed by atoms with Gasteiger partial charge in [-0.25, -0.2) is 0 Å². The van der Waals surface area contributed by atoms with E-state index in [1.54, 1.807) is 0 Å². The van der Waals surface area contributed by atoms with Gasteiger partial charge in [-0.05, 0) is 44.0 Å². The highest BCUT2D eigenvalue weighted by atomic mass is 16.5. The van der Waals surface area contributed by atoms with Crippen LogP contribution in [0.1, 0.15) is 49.7 Å². The molecule has 0 saturated carbocycles. The summed E-state index contributed by atoms with van der Waals surface area (Å²) in [7, 11) is 2.12. The number of anilines is 2. The molecule has 7 heteroatoms. The van der Waals surface area contributed by atoms with Gasteiger partial charge in [-0.3, -0.25) is 0 Å². The normalized spacial score (nSPS) is 16.6. The van der Waals surface area contributed by atoms with Crippen LogP contribution in [0.15, 0.2) is 18.2 Å². The molecule has 0 spiro atoms. The SMILES string of the molecule is Cc1ccc(C(C)C)c(OC(C)c2nc(N)nc(N3CCN(C)CC3)n2)c1. The second kappa shape index (κ2) is 8.08. The van der Waals surface area contributed by atoms with Gasteiger partial charge in [0.05, 0.1) is 0 Å². The van der Waals surface area contributed by atoms with Crippen LogP contribution >= 0.6 is 0 Å². The Morgan fingerprint density at radius 1 is 1.04 bits per heavy atom. The van der Waals surface area contributed by atoms with Crippen LogP contribution in [0, 0.1) is 6.92 Å². The molecule has 1 fully saturated rings. The van der Waals surface area contributed by atoms with Crippen molar-refractivity contribution in [2.45, 2.75) is 39.7 Å². The molecular weight excluding hydrogens is 340 g/mol. The summed E-state index contributed by atoms with van der Waals surface area (Å²) >= 11 is 0. The molecule has 2 N–H and O–H groups in total. The molecule has 1 saturated heterocycles. The largest absolute Gasteiger partial charge is 0.482 e. The number of benzene rings is 1. The first-order chi connectivity index (χ1) is 12.8. The van der Waals surface area contributed by atoms with Gasteiger partial charge >= 0.3 is 0 Å². The molecule has 146 valence electrons. The third kappa shape index (κ3) is 4.66. The highest BCUT2D eigenvalue weighted by Gasteiger charge is 2.21. The van der Waals surface area contributed by atoms with Gasteiger partial charge in [0.2, 0.25) is 11.9 Å². The zero-order valence-corrected chi connectivity index (χ0v) is 16.9. The molecule has 2 heterocycles. The number of nitrogens with zero attached hydrogens (tertiary/aromatic N) is 5. The molecule has 0 radical (unpaired) electrons. The summed E-state index contributed by atoms with van der Waals surface area (Å²) in [5, 5.41) is 0. The van der Waals surface area contributed by atoms with Crippen molar-refractivity contribution in [2.24, 2.45) is 0 Å². The van der Waals surface area contributed by atoms with Crippen molar-refractivity contribution < 1.29 is 4.74 Å². The second-order valence-corrected chi connectivity index (χ2v) is 7.60. The first kappa shape index (κ1) is 19.4. The number of likely N-dealkylation sites (N-methyl/N-ethyl adjacent to an activating group) is 1. The smallest absolute Gasteiger partial charge is 0.230 e. The van der Waals surface area contributed by atoms with Gasteiger partial charge in [0.25, 0.3) is 0 Å². The van der Waals surface area contributed by atoms with Crippen LogP contribution in [0.4, 0.5) is 11.9 Å². The molecule has 0 amide bonds. The minimum Gasteiger partial charge on any atom is -0.482 e. The first-order valence-electron chi connectivity index (χ1n) is 9.55. The summed E-state index contributed by atoms with van der Waals surface area (Å²) in [6.07, 6.45) is -0.319. The average molecular weight is 371 g/mol. The highest BCUT2D eigenvalue weighted by molar-refractivity contribution is 5.40. The Hall–Kier alpha value is -2.41. The Morgan fingerprint density at radius 3 is 2.41 bits per heavy atom. The van der Waals surface area contributed by atoms with E-state index in [4.69, 9.17) is 10.5 Å². The van der Waals surface area contributed by atoms with Crippen molar-refractivity contribution >= 4 is 11.9 Å². The van der Waals surface area contributed by atoms with Gasteiger partial charge in [0.15, 0.2) is 11.9 Å². The van der Waals surface area contributed by atoms with Crippen LogP contribution < -0.4 is 15.4 Å². The maximum atomic E-state index is 6.25. The molecule has 1 aromatic heterocycles. The van der Waals surface area contributed by atoms with Crippen LogP contribution in [-0.2, 0) is 0 Å². The number of hydrogen-bond donors (Lipinski definition) is 1. The van der Waals surface area contributed by atoms with Crippen LogP contribution in [0.25, 0.3) is 0 Å². The Labute approximate surface area is 161 Å². The number of aryl methyl sites for hydroxylation is 1. The number of aromatic nitrogens is 3. The molecular formula is C20H30N6O. The fourth-order valence-corrected chi connectivity index (χ4v) is 3.19. The quantitative estimate of drug-likeness (QED) is 0.867.